The number of anilines is 1. The largest absolute Gasteiger partial charge is 0.492 e. The Hall–Kier alpha value is -2.06. The zero-order valence-corrected chi connectivity index (χ0v) is 15.3. The predicted octanol–water partition coefficient (Wildman–Crippen LogP) is 4.13. The normalized spacial score (nSPS) is 13.2. The number of nitriles is 1. The monoisotopic (exact) mass is 332 g/mol. The van der Waals surface area contributed by atoms with Gasteiger partial charge in [0.25, 0.3) is 5.91 Å². The van der Waals surface area contributed by atoms with Crippen molar-refractivity contribution in [2.75, 3.05) is 18.5 Å². The molecule has 0 unspecified atom stereocenters. The van der Waals surface area contributed by atoms with Crippen molar-refractivity contribution in [2.45, 2.75) is 53.1 Å². The zero-order valence-electron chi connectivity index (χ0n) is 15.3. The number of hydrogen-bond donors (Lipinski definition) is 1. The Morgan fingerprint density at radius 3 is 2.62 bits per heavy atom. The molecule has 132 valence electrons. The van der Waals surface area contributed by atoms with Gasteiger partial charge in [-0.1, -0.05) is 20.8 Å². The third-order valence-electron chi connectivity index (χ3n) is 3.56. The lowest BCUT2D eigenvalue weighted by Crippen LogP contribution is -2.44. The number of amides is 1. The van der Waals surface area contributed by atoms with E-state index in [2.05, 4.69) is 25.2 Å². The number of nitrogens with one attached hydrogen (secondary N) is 1. The molecule has 1 aromatic rings. The Balaban J connectivity index is 2.94. The topological polar surface area (TPSA) is 71.3 Å². The lowest BCUT2D eigenvalue weighted by atomic mass is 9.93. The summed E-state index contributed by atoms with van der Waals surface area (Å²) >= 11 is 0. The molecule has 0 aliphatic rings. The summed E-state index contributed by atoms with van der Waals surface area (Å²) in [4.78, 5) is 12.7. The molecule has 1 rings (SSSR count). The van der Waals surface area contributed by atoms with Gasteiger partial charge >= 0.3 is 0 Å². The molecule has 0 fully saturated rings. The first-order valence-electron chi connectivity index (χ1n) is 8.48. The van der Waals surface area contributed by atoms with Gasteiger partial charge in [0, 0.05) is 12.3 Å². The third kappa shape index (κ3) is 5.54. The van der Waals surface area contributed by atoms with Gasteiger partial charge in [0.1, 0.15) is 17.4 Å². The van der Waals surface area contributed by atoms with Crippen LogP contribution in [0.25, 0.3) is 0 Å². The molecule has 0 aromatic heterocycles. The predicted molar refractivity (Wildman–Crippen MR) is 95.1 cm³/mol. The van der Waals surface area contributed by atoms with E-state index in [1.807, 2.05) is 13.8 Å². The van der Waals surface area contributed by atoms with Crippen LogP contribution in [0.1, 0.15) is 53.0 Å². The fourth-order valence-electron chi connectivity index (χ4n) is 2.61. The van der Waals surface area contributed by atoms with E-state index in [1.54, 1.807) is 25.1 Å². The molecular formula is C19H28N2O3. The number of carbonyl (C=O) groups is 1. The molecule has 5 nitrogen and oxygen atoms in total. The Morgan fingerprint density at radius 1 is 1.38 bits per heavy atom. The maximum Gasteiger partial charge on any atom is 0.256 e. The highest BCUT2D eigenvalue weighted by atomic mass is 16.5. The summed E-state index contributed by atoms with van der Waals surface area (Å²) in [6.07, 6.45) is 1.49. The van der Waals surface area contributed by atoms with E-state index in [-0.39, 0.29) is 5.91 Å². The molecule has 0 bridgehead atoms. The maximum atomic E-state index is 12.7. The van der Waals surface area contributed by atoms with Gasteiger partial charge < -0.3 is 14.8 Å². The van der Waals surface area contributed by atoms with Gasteiger partial charge in [0.05, 0.1) is 12.2 Å². The van der Waals surface area contributed by atoms with Crippen molar-refractivity contribution in [3.63, 3.8) is 0 Å². The molecule has 5 heteroatoms. The second-order valence-electron chi connectivity index (χ2n) is 6.39. The van der Waals surface area contributed by atoms with E-state index in [0.29, 0.717) is 42.6 Å². The number of nitrogens with zero attached hydrogens (tertiary/aromatic N) is 1. The van der Waals surface area contributed by atoms with Crippen molar-refractivity contribution >= 4 is 11.6 Å². The van der Waals surface area contributed by atoms with Crippen LogP contribution in [-0.4, -0.2) is 24.7 Å². The van der Waals surface area contributed by atoms with E-state index < -0.39 is 5.60 Å². The minimum atomic E-state index is -0.896. The van der Waals surface area contributed by atoms with Crippen molar-refractivity contribution in [2.24, 2.45) is 5.92 Å². The number of ether oxygens (including phenoxy) is 2. The van der Waals surface area contributed by atoms with E-state index in [1.165, 1.54) is 0 Å². The summed E-state index contributed by atoms with van der Waals surface area (Å²) < 4.78 is 11.2. The minimum Gasteiger partial charge on any atom is -0.492 e. The smallest absolute Gasteiger partial charge is 0.256 e. The summed E-state index contributed by atoms with van der Waals surface area (Å²) in [7, 11) is 0. The highest BCUT2D eigenvalue weighted by molar-refractivity contribution is 5.97. The molecule has 0 saturated heterocycles. The van der Waals surface area contributed by atoms with E-state index in [4.69, 9.17) is 9.47 Å². The van der Waals surface area contributed by atoms with Crippen LogP contribution >= 0.6 is 0 Å². The molecule has 0 heterocycles. The molecule has 24 heavy (non-hydrogen) atoms. The first-order chi connectivity index (χ1) is 11.4. The van der Waals surface area contributed by atoms with Crippen molar-refractivity contribution in [3.05, 3.63) is 23.8 Å². The molecule has 0 saturated carbocycles. The van der Waals surface area contributed by atoms with Crippen LogP contribution < -0.4 is 10.1 Å². The standard InChI is InChI=1S/C19H28N2O3/c1-6-10-23-17-9-8-16(11-15(17)13-20)21-18(22)19(5,24-7-2)12-14(3)4/h8-9,11,14H,6-7,10,12H2,1-5H3,(H,21,22)/t19-/m0/s1. The van der Waals surface area contributed by atoms with Crippen LogP contribution in [0.2, 0.25) is 0 Å². The van der Waals surface area contributed by atoms with Gasteiger partial charge in [-0.2, -0.15) is 5.26 Å². The average Bonchev–Trinajstić information content (AvgIpc) is 2.52. The average molecular weight is 332 g/mol. The number of rotatable bonds is 9. The fourth-order valence-corrected chi connectivity index (χ4v) is 2.61. The molecular weight excluding hydrogens is 304 g/mol. The second kappa shape index (κ2) is 9.29. The van der Waals surface area contributed by atoms with Gasteiger partial charge in [0.2, 0.25) is 0 Å². The maximum absolute atomic E-state index is 12.7. The molecule has 1 atom stereocenters. The minimum absolute atomic E-state index is 0.204. The van der Waals surface area contributed by atoms with Crippen LogP contribution in [-0.2, 0) is 9.53 Å². The summed E-state index contributed by atoms with van der Waals surface area (Å²) in [6.45, 7) is 10.8. The van der Waals surface area contributed by atoms with Gasteiger partial charge in [-0.05, 0) is 50.8 Å². The number of hydrogen-bond acceptors (Lipinski definition) is 4. The molecule has 1 amide bonds. The number of carbonyl (C=O) groups excluding carboxylic acids is 1. The van der Waals surface area contributed by atoms with Crippen molar-refractivity contribution < 1.29 is 14.3 Å². The molecule has 1 N–H and O–H groups in total. The van der Waals surface area contributed by atoms with E-state index >= 15 is 0 Å². The van der Waals surface area contributed by atoms with Gasteiger partial charge in [0.15, 0.2) is 0 Å². The van der Waals surface area contributed by atoms with E-state index in [9.17, 15) is 10.1 Å². The Kier molecular flexibility index (Phi) is 7.73. The van der Waals surface area contributed by atoms with Gasteiger partial charge in [-0.25, -0.2) is 0 Å². The summed E-state index contributed by atoms with van der Waals surface area (Å²) in [5.74, 6) is 0.656. The first kappa shape index (κ1) is 20.0. The van der Waals surface area contributed by atoms with Crippen LogP contribution in [0.4, 0.5) is 5.69 Å². The van der Waals surface area contributed by atoms with Crippen LogP contribution in [0.5, 0.6) is 5.75 Å². The van der Waals surface area contributed by atoms with Crippen LogP contribution in [0.15, 0.2) is 18.2 Å². The summed E-state index contributed by atoms with van der Waals surface area (Å²) in [6, 6.07) is 7.19. The lowest BCUT2D eigenvalue weighted by Gasteiger charge is -2.30. The highest BCUT2D eigenvalue weighted by Crippen LogP contribution is 2.26. The van der Waals surface area contributed by atoms with Crippen molar-refractivity contribution in [1.29, 1.82) is 5.26 Å². The van der Waals surface area contributed by atoms with Gasteiger partial charge in [-0.3, -0.25) is 4.79 Å². The molecule has 1 aromatic carbocycles. The number of benzene rings is 1. The van der Waals surface area contributed by atoms with Crippen LogP contribution in [0.3, 0.4) is 0 Å². The Labute approximate surface area is 145 Å². The fraction of sp³-hybridized carbons (Fsp3) is 0.579. The van der Waals surface area contributed by atoms with Crippen molar-refractivity contribution in [3.8, 4) is 11.8 Å². The molecule has 0 aliphatic heterocycles. The second-order valence-corrected chi connectivity index (χ2v) is 6.39. The quantitative estimate of drug-likeness (QED) is 0.738. The molecule has 0 radical (unpaired) electrons. The lowest BCUT2D eigenvalue weighted by molar-refractivity contribution is -0.140. The third-order valence-corrected chi connectivity index (χ3v) is 3.56. The first-order valence-corrected chi connectivity index (χ1v) is 8.48. The Bertz CT molecular complexity index is 593. The summed E-state index contributed by atoms with van der Waals surface area (Å²) in [5.41, 5.74) is 0.0749. The van der Waals surface area contributed by atoms with E-state index in [0.717, 1.165) is 6.42 Å². The molecule has 0 spiro atoms. The highest BCUT2D eigenvalue weighted by Gasteiger charge is 2.34. The SMILES string of the molecule is CCCOc1ccc(NC(=O)[C@](C)(CC(C)C)OCC)cc1C#N. The van der Waals surface area contributed by atoms with Crippen LogP contribution in [0, 0.1) is 17.2 Å². The Morgan fingerprint density at radius 2 is 2.08 bits per heavy atom. The molecule has 0 aliphatic carbocycles. The van der Waals surface area contributed by atoms with Crippen molar-refractivity contribution in [1.82, 2.24) is 0 Å². The summed E-state index contributed by atoms with van der Waals surface area (Å²) in [5, 5.41) is 12.1. The zero-order chi connectivity index (χ0) is 18.2. The van der Waals surface area contributed by atoms with Gasteiger partial charge in [-0.15, -0.1) is 0 Å².